The van der Waals surface area contributed by atoms with Crippen LogP contribution in [0.15, 0.2) is 70.0 Å². The summed E-state index contributed by atoms with van der Waals surface area (Å²) in [5, 5.41) is 0.168. The predicted octanol–water partition coefficient (Wildman–Crippen LogP) is 5.54. The lowest BCUT2D eigenvalue weighted by molar-refractivity contribution is -0.123. The first-order chi connectivity index (χ1) is 16.0. The van der Waals surface area contributed by atoms with Gasteiger partial charge in [-0.1, -0.05) is 48.0 Å². The van der Waals surface area contributed by atoms with Crippen LogP contribution in [0.3, 0.4) is 0 Å². The quantitative estimate of drug-likeness (QED) is 0.322. The fourth-order valence-electron chi connectivity index (χ4n) is 3.11. The van der Waals surface area contributed by atoms with E-state index >= 15 is 0 Å². The standard InChI is InChI=1S/C24H18ClNO6S/c1-30-23(28)20-11-10-17(32-20)13-26-22(27)21(33-24(26)29)12-15-6-3-5-9-19(15)31-14-16-7-2-4-8-18(16)25/h2-12H,13-14H2,1H3/b21-12+. The summed E-state index contributed by atoms with van der Waals surface area (Å²) in [7, 11) is 1.24. The number of methoxy groups -OCH3 is 1. The molecule has 0 unspecified atom stereocenters. The zero-order valence-electron chi connectivity index (χ0n) is 17.4. The number of carbonyl (C=O) groups excluding carboxylic acids is 3. The van der Waals surface area contributed by atoms with Gasteiger partial charge in [0, 0.05) is 16.1 Å². The van der Waals surface area contributed by atoms with Gasteiger partial charge in [0.2, 0.25) is 5.76 Å². The molecule has 3 aromatic rings. The summed E-state index contributed by atoms with van der Waals surface area (Å²) in [5.74, 6) is -0.245. The van der Waals surface area contributed by atoms with Gasteiger partial charge in [-0.05, 0) is 42.1 Å². The summed E-state index contributed by atoms with van der Waals surface area (Å²) in [5.41, 5.74) is 1.49. The molecule has 7 nitrogen and oxygen atoms in total. The molecule has 0 saturated carbocycles. The van der Waals surface area contributed by atoms with E-state index in [4.69, 9.17) is 20.8 Å². The van der Waals surface area contributed by atoms with Crippen molar-refractivity contribution < 1.29 is 28.3 Å². The van der Waals surface area contributed by atoms with E-state index in [1.807, 2.05) is 30.3 Å². The summed E-state index contributed by atoms with van der Waals surface area (Å²) >= 11 is 7.02. The molecule has 1 aromatic heterocycles. The van der Waals surface area contributed by atoms with Crippen molar-refractivity contribution in [3.05, 3.63) is 93.2 Å². The van der Waals surface area contributed by atoms with Crippen molar-refractivity contribution in [1.82, 2.24) is 4.90 Å². The van der Waals surface area contributed by atoms with E-state index in [0.29, 0.717) is 22.1 Å². The minimum atomic E-state index is -0.635. The molecule has 168 valence electrons. The number of rotatable bonds is 7. The summed E-state index contributed by atoms with van der Waals surface area (Å²) < 4.78 is 15.9. The van der Waals surface area contributed by atoms with Crippen LogP contribution >= 0.6 is 23.4 Å². The second kappa shape index (κ2) is 9.97. The van der Waals surface area contributed by atoms with Crippen molar-refractivity contribution in [2.45, 2.75) is 13.2 Å². The highest BCUT2D eigenvalue weighted by atomic mass is 35.5. The third-order valence-electron chi connectivity index (χ3n) is 4.78. The van der Waals surface area contributed by atoms with E-state index in [9.17, 15) is 14.4 Å². The summed E-state index contributed by atoms with van der Waals surface area (Å²) in [6, 6.07) is 17.5. The first-order valence-electron chi connectivity index (χ1n) is 9.84. The van der Waals surface area contributed by atoms with Gasteiger partial charge in [0.25, 0.3) is 11.1 Å². The van der Waals surface area contributed by atoms with Gasteiger partial charge in [-0.3, -0.25) is 14.5 Å². The molecule has 2 heterocycles. The molecule has 0 aliphatic carbocycles. The van der Waals surface area contributed by atoms with Gasteiger partial charge in [-0.15, -0.1) is 0 Å². The number of thioether (sulfide) groups is 1. The highest BCUT2D eigenvalue weighted by Crippen LogP contribution is 2.35. The molecule has 4 rings (SSSR count). The van der Waals surface area contributed by atoms with Crippen LogP contribution in [-0.2, 0) is 22.7 Å². The molecule has 1 saturated heterocycles. The number of esters is 1. The minimum absolute atomic E-state index is 0.000362. The first-order valence-corrected chi connectivity index (χ1v) is 11.0. The number of carbonyl (C=O) groups is 3. The Hall–Kier alpha value is -3.49. The van der Waals surface area contributed by atoms with Crippen molar-refractivity contribution >= 4 is 46.6 Å². The second-order valence-electron chi connectivity index (χ2n) is 6.94. The third-order valence-corrected chi connectivity index (χ3v) is 6.06. The van der Waals surface area contributed by atoms with Crippen LogP contribution in [-0.4, -0.2) is 29.1 Å². The van der Waals surface area contributed by atoms with Gasteiger partial charge in [-0.2, -0.15) is 0 Å². The van der Waals surface area contributed by atoms with E-state index in [1.165, 1.54) is 19.2 Å². The largest absolute Gasteiger partial charge is 0.488 e. The first kappa shape index (κ1) is 22.7. The van der Waals surface area contributed by atoms with Crippen LogP contribution < -0.4 is 4.74 Å². The number of amides is 2. The van der Waals surface area contributed by atoms with Crippen LogP contribution in [0.25, 0.3) is 6.08 Å². The number of benzene rings is 2. The van der Waals surface area contributed by atoms with Crippen LogP contribution in [0, 0.1) is 0 Å². The van der Waals surface area contributed by atoms with E-state index in [2.05, 4.69) is 4.74 Å². The molecule has 33 heavy (non-hydrogen) atoms. The molecular formula is C24H18ClNO6S. The highest BCUT2D eigenvalue weighted by molar-refractivity contribution is 8.18. The van der Waals surface area contributed by atoms with Gasteiger partial charge in [-0.25, -0.2) is 4.79 Å². The number of hydrogen-bond donors (Lipinski definition) is 0. The molecule has 2 amide bonds. The SMILES string of the molecule is COC(=O)c1ccc(CN2C(=O)S/C(=C/c3ccccc3OCc3ccccc3Cl)C2=O)o1. The molecule has 0 N–H and O–H groups in total. The third kappa shape index (κ3) is 5.13. The number of para-hydroxylation sites is 1. The normalized spacial score (nSPS) is 14.7. The second-order valence-corrected chi connectivity index (χ2v) is 8.34. The van der Waals surface area contributed by atoms with Gasteiger partial charge in [0.15, 0.2) is 0 Å². The summed E-state index contributed by atoms with van der Waals surface area (Å²) in [6.07, 6.45) is 1.62. The topological polar surface area (TPSA) is 86.0 Å². The number of hydrogen-bond acceptors (Lipinski definition) is 7. The van der Waals surface area contributed by atoms with Crippen LogP contribution in [0.4, 0.5) is 4.79 Å². The zero-order chi connectivity index (χ0) is 23.4. The monoisotopic (exact) mass is 483 g/mol. The lowest BCUT2D eigenvalue weighted by atomic mass is 10.1. The molecule has 0 bridgehead atoms. The Balaban J connectivity index is 1.50. The van der Waals surface area contributed by atoms with E-state index in [0.717, 1.165) is 22.2 Å². The van der Waals surface area contributed by atoms with Gasteiger partial charge in [0.05, 0.1) is 18.6 Å². The molecule has 1 fully saturated rings. The van der Waals surface area contributed by atoms with Crippen molar-refractivity contribution in [3.8, 4) is 5.75 Å². The van der Waals surface area contributed by atoms with E-state index < -0.39 is 17.1 Å². The Bertz CT molecular complexity index is 1250. The Morgan fingerprint density at radius 3 is 2.64 bits per heavy atom. The maximum atomic E-state index is 12.9. The molecule has 0 atom stereocenters. The minimum Gasteiger partial charge on any atom is -0.488 e. The molecule has 0 spiro atoms. The van der Waals surface area contributed by atoms with Crippen molar-refractivity contribution in [2.24, 2.45) is 0 Å². The van der Waals surface area contributed by atoms with E-state index in [1.54, 1.807) is 24.3 Å². The number of imide groups is 1. The lowest BCUT2D eigenvalue weighted by Crippen LogP contribution is -2.27. The van der Waals surface area contributed by atoms with Gasteiger partial charge in [0.1, 0.15) is 18.1 Å². The maximum Gasteiger partial charge on any atom is 0.373 e. The molecule has 2 aromatic carbocycles. The van der Waals surface area contributed by atoms with Crippen molar-refractivity contribution in [3.63, 3.8) is 0 Å². The zero-order valence-corrected chi connectivity index (χ0v) is 19.0. The molecule has 1 aliphatic rings. The maximum absolute atomic E-state index is 12.9. The number of nitrogens with zero attached hydrogens (tertiary/aromatic N) is 1. The summed E-state index contributed by atoms with van der Waals surface area (Å²) in [6.45, 7) is 0.163. The average molecular weight is 484 g/mol. The Kier molecular flexibility index (Phi) is 6.86. The lowest BCUT2D eigenvalue weighted by Gasteiger charge is -2.11. The fraction of sp³-hybridized carbons (Fsp3) is 0.125. The number of ether oxygens (including phenoxy) is 2. The van der Waals surface area contributed by atoms with Gasteiger partial charge >= 0.3 is 5.97 Å². The Labute approximate surface area is 198 Å². The number of halogens is 1. The fourth-order valence-corrected chi connectivity index (χ4v) is 4.13. The van der Waals surface area contributed by atoms with Crippen molar-refractivity contribution in [2.75, 3.05) is 7.11 Å². The molecule has 9 heteroatoms. The Morgan fingerprint density at radius 2 is 1.85 bits per heavy atom. The smallest absolute Gasteiger partial charge is 0.373 e. The van der Waals surface area contributed by atoms with E-state index in [-0.39, 0.29) is 23.8 Å². The average Bonchev–Trinajstić information content (AvgIpc) is 3.39. The van der Waals surface area contributed by atoms with Crippen LogP contribution in [0.2, 0.25) is 5.02 Å². The van der Waals surface area contributed by atoms with Gasteiger partial charge < -0.3 is 13.9 Å². The molecule has 0 radical (unpaired) electrons. The number of furan rings is 1. The van der Waals surface area contributed by atoms with Crippen LogP contribution in [0.1, 0.15) is 27.4 Å². The Morgan fingerprint density at radius 1 is 1.09 bits per heavy atom. The molecule has 1 aliphatic heterocycles. The summed E-state index contributed by atoms with van der Waals surface area (Å²) in [4.78, 5) is 38.2. The predicted molar refractivity (Wildman–Crippen MR) is 124 cm³/mol. The molecular weight excluding hydrogens is 466 g/mol. The van der Waals surface area contributed by atoms with Crippen LogP contribution in [0.5, 0.6) is 5.75 Å². The highest BCUT2D eigenvalue weighted by Gasteiger charge is 2.36. The van der Waals surface area contributed by atoms with Crippen molar-refractivity contribution in [1.29, 1.82) is 0 Å².